The SMILES string of the molecule is CCC(C)C[PH](CCC(C)C)(CC(C)CC)CC(C)CC. The average Bonchev–Trinajstić information content (AvgIpc) is 2.44. The van der Waals surface area contributed by atoms with Gasteiger partial charge in [-0.15, -0.1) is 0 Å². The van der Waals surface area contributed by atoms with Crippen molar-refractivity contribution >= 4 is 7.26 Å². The predicted octanol–water partition coefficient (Wildman–Crippen LogP) is 6.92. The monoisotopic (exact) mass is 316 g/mol. The van der Waals surface area contributed by atoms with Crippen molar-refractivity contribution in [2.24, 2.45) is 23.7 Å². The van der Waals surface area contributed by atoms with E-state index in [0.717, 1.165) is 23.7 Å². The Labute approximate surface area is 137 Å². The Morgan fingerprint density at radius 3 is 1.19 bits per heavy atom. The minimum atomic E-state index is -1.11. The zero-order chi connectivity index (χ0) is 16.5. The third-order valence-corrected chi connectivity index (χ3v) is 11.7. The summed E-state index contributed by atoms with van der Waals surface area (Å²) in [5.74, 6) is 3.70. The average molecular weight is 317 g/mol. The van der Waals surface area contributed by atoms with Gasteiger partial charge in [-0.05, 0) is 0 Å². The molecule has 0 aromatic carbocycles. The second-order valence-electron chi connectivity index (χ2n) is 8.59. The third-order valence-electron chi connectivity index (χ3n) is 5.69. The van der Waals surface area contributed by atoms with Crippen LogP contribution in [0.4, 0.5) is 0 Å². The third kappa shape index (κ3) is 9.22. The second kappa shape index (κ2) is 11.0. The zero-order valence-electron chi connectivity index (χ0n) is 16.5. The molecule has 0 saturated carbocycles. The summed E-state index contributed by atoms with van der Waals surface area (Å²) in [7, 11) is -1.11. The first-order valence-electron chi connectivity index (χ1n) is 9.78. The van der Waals surface area contributed by atoms with E-state index < -0.39 is 7.26 Å². The summed E-state index contributed by atoms with van der Waals surface area (Å²) in [6.07, 6.45) is 11.9. The summed E-state index contributed by atoms with van der Waals surface area (Å²) in [5.41, 5.74) is 0. The van der Waals surface area contributed by atoms with Crippen molar-refractivity contribution in [2.75, 3.05) is 24.6 Å². The van der Waals surface area contributed by atoms with Crippen molar-refractivity contribution in [2.45, 2.75) is 81.1 Å². The summed E-state index contributed by atoms with van der Waals surface area (Å²) in [4.78, 5) is 0. The molecular weight excluding hydrogens is 271 g/mol. The van der Waals surface area contributed by atoms with Crippen LogP contribution in [0, 0.1) is 23.7 Å². The van der Waals surface area contributed by atoms with E-state index in [1.165, 1.54) is 25.7 Å². The molecule has 0 aliphatic rings. The maximum atomic E-state index is 2.50. The van der Waals surface area contributed by atoms with Gasteiger partial charge in [-0.3, -0.25) is 0 Å². The predicted molar refractivity (Wildman–Crippen MR) is 106 cm³/mol. The molecule has 0 aliphatic heterocycles. The molecule has 0 fully saturated rings. The van der Waals surface area contributed by atoms with Crippen molar-refractivity contribution in [3.05, 3.63) is 0 Å². The Balaban J connectivity index is 5.13. The van der Waals surface area contributed by atoms with Gasteiger partial charge in [0.2, 0.25) is 0 Å². The molecule has 0 aromatic heterocycles. The molecule has 0 radical (unpaired) electrons. The van der Waals surface area contributed by atoms with Gasteiger partial charge in [-0.1, -0.05) is 0 Å². The van der Waals surface area contributed by atoms with Crippen LogP contribution in [0.2, 0.25) is 0 Å². The van der Waals surface area contributed by atoms with Crippen LogP contribution in [0.5, 0.6) is 0 Å². The van der Waals surface area contributed by atoms with Crippen molar-refractivity contribution < 1.29 is 0 Å². The van der Waals surface area contributed by atoms with Gasteiger partial charge in [-0.2, -0.15) is 0 Å². The Morgan fingerprint density at radius 2 is 0.952 bits per heavy atom. The fourth-order valence-corrected chi connectivity index (χ4v) is 11.4. The van der Waals surface area contributed by atoms with Crippen molar-refractivity contribution in [3.63, 3.8) is 0 Å². The van der Waals surface area contributed by atoms with Gasteiger partial charge in [0, 0.05) is 0 Å². The molecule has 0 spiro atoms. The molecule has 0 rings (SSSR count). The fraction of sp³-hybridized carbons (Fsp3) is 1.00. The second-order valence-corrected chi connectivity index (χ2v) is 13.3. The van der Waals surface area contributed by atoms with Crippen LogP contribution >= 0.6 is 7.26 Å². The molecule has 3 atom stereocenters. The van der Waals surface area contributed by atoms with E-state index in [4.69, 9.17) is 0 Å². The van der Waals surface area contributed by atoms with E-state index in [2.05, 4.69) is 55.4 Å². The maximum absolute atomic E-state index is 2.50. The van der Waals surface area contributed by atoms with Crippen LogP contribution in [0.25, 0.3) is 0 Å². The van der Waals surface area contributed by atoms with Crippen molar-refractivity contribution in [1.29, 1.82) is 0 Å². The molecular formula is C20H45P. The molecule has 0 bridgehead atoms. The van der Waals surface area contributed by atoms with Gasteiger partial charge in [0.05, 0.1) is 0 Å². The molecule has 0 heterocycles. The summed E-state index contributed by atoms with van der Waals surface area (Å²) in [6.45, 7) is 19.5. The topological polar surface area (TPSA) is 0 Å². The molecule has 0 N–H and O–H groups in total. The summed E-state index contributed by atoms with van der Waals surface area (Å²) in [5, 5.41) is 0. The van der Waals surface area contributed by atoms with E-state index in [1.54, 1.807) is 24.6 Å². The van der Waals surface area contributed by atoms with Gasteiger partial charge in [0.15, 0.2) is 0 Å². The van der Waals surface area contributed by atoms with Gasteiger partial charge in [0.25, 0.3) is 0 Å². The first kappa shape index (κ1) is 21.4. The Bertz CT molecular complexity index is 215. The molecule has 3 unspecified atom stereocenters. The molecule has 0 aromatic rings. The number of hydrogen-bond acceptors (Lipinski definition) is 0. The number of rotatable bonds is 12. The first-order valence-corrected chi connectivity index (χ1v) is 12.6. The Hall–Kier alpha value is 0.430. The van der Waals surface area contributed by atoms with Crippen LogP contribution < -0.4 is 0 Å². The standard InChI is InChI=1S/C20H45P/c1-9-18(6)14-21(13-12-17(4)5,15-19(7)10-2)16-20(8)11-3/h17-21H,9-16H2,1-8H3. The zero-order valence-corrected chi connectivity index (χ0v) is 17.5. The number of hydrogen-bond donors (Lipinski definition) is 0. The van der Waals surface area contributed by atoms with Gasteiger partial charge >= 0.3 is 137 Å². The Kier molecular flexibility index (Phi) is 11.3. The van der Waals surface area contributed by atoms with Crippen LogP contribution in [0.1, 0.15) is 81.1 Å². The molecule has 0 amide bonds. The molecule has 130 valence electrons. The molecule has 0 saturated heterocycles. The van der Waals surface area contributed by atoms with Crippen molar-refractivity contribution in [3.8, 4) is 0 Å². The quantitative estimate of drug-likeness (QED) is 0.343. The minimum absolute atomic E-state index is 0.877. The summed E-state index contributed by atoms with van der Waals surface area (Å²) >= 11 is 0. The van der Waals surface area contributed by atoms with Gasteiger partial charge in [0.1, 0.15) is 0 Å². The molecule has 0 nitrogen and oxygen atoms in total. The van der Waals surface area contributed by atoms with Crippen LogP contribution in [-0.4, -0.2) is 24.6 Å². The summed E-state index contributed by atoms with van der Waals surface area (Å²) < 4.78 is 0. The van der Waals surface area contributed by atoms with Crippen LogP contribution in [-0.2, 0) is 0 Å². The Morgan fingerprint density at radius 1 is 0.619 bits per heavy atom. The van der Waals surface area contributed by atoms with Crippen LogP contribution in [0.15, 0.2) is 0 Å². The van der Waals surface area contributed by atoms with E-state index in [1.807, 2.05) is 0 Å². The summed E-state index contributed by atoms with van der Waals surface area (Å²) in [6, 6.07) is 0. The van der Waals surface area contributed by atoms with E-state index >= 15 is 0 Å². The normalized spacial score (nSPS) is 17.8. The molecule has 21 heavy (non-hydrogen) atoms. The fourth-order valence-electron chi connectivity index (χ4n) is 3.80. The van der Waals surface area contributed by atoms with Crippen molar-refractivity contribution in [1.82, 2.24) is 0 Å². The first-order chi connectivity index (χ1) is 9.78. The van der Waals surface area contributed by atoms with Gasteiger partial charge < -0.3 is 0 Å². The van der Waals surface area contributed by atoms with E-state index in [9.17, 15) is 0 Å². The van der Waals surface area contributed by atoms with E-state index in [-0.39, 0.29) is 0 Å². The van der Waals surface area contributed by atoms with Crippen LogP contribution in [0.3, 0.4) is 0 Å². The van der Waals surface area contributed by atoms with Gasteiger partial charge in [-0.25, -0.2) is 0 Å². The molecule has 0 aliphatic carbocycles. The van der Waals surface area contributed by atoms with E-state index in [0.29, 0.717) is 0 Å². The molecule has 1 heteroatoms.